The Morgan fingerprint density at radius 2 is 0.827 bits per heavy atom. The fourth-order valence-corrected chi connectivity index (χ4v) is 7.04. The highest BCUT2D eigenvalue weighted by molar-refractivity contribution is 5.70. The zero-order chi connectivity index (χ0) is 38.2. The third-order valence-corrected chi connectivity index (χ3v) is 10.4. The Morgan fingerprint density at radius 3 is 1.27 bits per heavy atom. The van der Waals surface area contributed by atoms with Gasteiger partial charge in [-0.25, -0.2) is 0 Å². The molecule has 0 radical (unpaired) electrons. The summed E-state index contributed by atoms with van der Waals surface area (Å²) in [6, 6.07) is 0. The van der Waals surface area contributed by atoms with E-state index in [1.807, 2.05) is 0 Å². The minimum atomic E-state index is -0.768. The van der Waals surface area contributed by atoms with Crippen molar-refractivity contribution in [2.45, 2.75) is 245 Å². The first-order valence-electron chi connectivity index (χ1n) is 22.7. The lowest BCUT2D eigenvalue weighted by Gasteiger charge is -2.20. The van der Waals surface area contributed by atoms with Gasteiger partial charge in [-0.05, 0) is 70.9 Å². The number of carboxylic acid groups (broad SMARTS) is 1. The van der Waals surface area contributed by atoms with Crippen molar-refractivity contribution in [3.63, 3.8) is 0 Å². The smallest absolute Gasteiger partial charge is 0.317 e. The second-order valence-electron chi connectivity index (χ2n) is 15.6. The molecule has 0 rings (SSSR count). The Balaban J connectivity index is 4.06. The lowest BCUT2D eigenvalue weighted by Crippen LogP contribution is -2.31. The van der Waals surface area contributed by atoms with E-state index >= 15 is 0 Å². The van der Waals surface area contributed by atoms with Gasteiger partial charge in [-0.1, -0.05) is 168 Å². The fraction of sp³-hybridized carbons (Fsp3) is 0.933. The fourth-order valence-electron chi connectivity index (χ4n) is 7.04. The van der Waals surface area contributed by atoms with E-state index < -0.39 is 5.97 Å². The maximum absolute atomic E-state index is 12.7. The molecule has 0 heterocycles. The summed E-state index contributed by atoms with van der Waals surface area (Å²) in [4.78, 5) is 38.2. The molecule has 0 saturated heterocycles. The monoisotopic (exact) mass is 738 g/mol. The largest absolute Gasteiger partial charge is 0.480 e. The van der Waals surface area contributed by atoms with Gasteiger partial charge in [-0.3, -0.25) is 19.3 Å². The third-order valence-electron chi connectivity index (χ3n) is 10.4. The van der Waals surface area contributed by atoms with E-state index in [1.165, 1.54) is 103 Å². The van der Waals surface area contributed by atoms with Gasteiger partial charge in [-0.15, -0.1) is 0 Å². The minimum absolute atomic E-state index is 0.0229. The van der Waals surface area contributed by atoms with E-state index in [0.29, 0.717) is 19.4 Å². The summed E-state index contributed by atoms with van der Waals surface area (Å²) in [5.74, 6) is -0.860. The molecule has 0 bridgehead atoms. The van der Waals surface area contributed by atoms with Gasteiger partial charge in [0.05, 0.1) is 13.2 Å². The van der Waals surface area contributed by atoms with Gasteiger partial charge in [0.25, 0.3) is 0 Å². The summed E-state index contributed by atoms with van der Waals surface area (Å²) >= 11 is 0. The lowest BCUT2D eigenvalue weighted by molar-refractivity contribution is -0.150. The second-order valence-corrected chi connectivity index (χ2v) is 15.6. The van der Waals surface area contributed by atoms with Crippen molar-refractivity contribution in [2.24, 2.45) is 0 Å². The zero-order valence-corrected chi connectivity index (χ0v) is 34.9. The molecule has 308 valence electrons. The summed E-state index contributed by atoms with van der Waals surface area (Å²) in [5.41, 5.74) is 0. The van der Waals surface area contributed by atoms with E-state index in [4.69, 9.17) is 9.47 Å². The number of carbonyl (C=O) groups is 3. The molecule has 1 atom stereocenters. The van der Waals surface area contributed by atoms with Crippen LogP contribution < -0.4 is 0 Å². The van der Waals surface area contributed by atoms with E-state index in [9.17, 15) is 19.5 Å². The number of carbonyl (C=O) groups excluding carboxylic acids is 2. The molecular weight excluding hydrogens is 650 g/mol. The molecule has 0 spiro atoms. The Kier molecular flexibility index (Phi) is 39.3. The molecule has 1 unspecified atom stereocenters. The number of aliphatic carboxylic acids is 1. The first-order chi connectivity index (χ1) is 25.4. The lowest BCUT2D eigenvalue weighted by atomic mass is 10.0. The van der Waals surface area contributed by atoms with Gasteiger partial charge >= 0.3 is 17.9 Å². The van der Waals surface area contributed by atoms with Gasteiger partial charge in [0.2, 0.25) is 0 Å². The molecule has 0 saturated carbocycles. The third kappa shape index (κ3) is 38.1. The highest BCUT2D eigenvalue weighted by atomic mass is 16.5. The number of hydrogen-bond donors (Lipinski definition) is 1. The number of rotatable bonds is 42. The predicted octanol–water partition coefficient (Wildman–Crippen LogP) is 13.2. The van der Waals surface area contributed by atoms with E-state index in [1.54, 1.807) is 0 Å². The quantitative estimate of drug-likeness (QED) is 0.0492. The number of unbranched alkanes of at least 4 members (excludes halogenated alkanes) is 25. The van der Waals surface area contributed by atoms with Gasteiger partial charge in [0.15, 0.2) is 0 Å². The molecule has 0 aromatic heterocycles. The van der Waals surface area contributed by atoms with Crippen molar-refractivity contribution in [3.8, 4) is 0 Å². The number of esters is 2. The topological polar surface area (TPSA) is 93.1 Å². The molecule has 1 N–H and O–H groups in total. The summed E-state index contributed by atoms with van der Waals surface area (Å²) < 4.78 is 11.4. The predicted molar refractivity (Wildman–Crippen MR) is 219 cm³/mol. The average Bonchev–Trinajstić information content (AvgIpc) is 3.12. The molecule has 0 fully saturated rings. The van der Waals surface area contributed by atoms with E-state index in [0.717, 1.165) is 116 Å². The van der Waals surface area contributed by atoms with Crippen molar-refractivity contribution in [1.82, 2.24) is 4.90 Å². The van der Waals surface area contributed by atoms with Crippen LogP contribution in [0.4, 0.5) is 0 Å². The molecule has 0 amide bonds. The van der Waals surface area contributed by atoms with Crippen LogP contribution >= 0.6 is 0 Å². The van der Waals surface area contributed by atoms with Crippen molar-refractivity contribution < 1.29 is 29.0 Å². The summed E-state index contributed by atoms with van der Waals surface area (Å²) in [7, 11) is 0. The Bertz CT molecular complexity index is 790. The number of hydrogen-bond acceptors (Lipinski definition) is 6. The van der Waals surface area contributed by atoms with E-state index in [-0.39, 0.29) is 24.6 Å². The van der Waals surface area contributed by atoms with Crippen LogP contribution in [0.5, 0.6) is 0 Å². The SMILES string of the molecule is CCCCCCCCCOC(=O)CCCCCCCN(CCCCCCCC(=O)OC(CCCCCCCC)CCCCCCCCC)CC(=O)O. The highest BCUT2D eigenvalue weighted by Crippen LogP contribution is 2.19. The Labute approximate surface area is 322 Å². The molecule has 0 aliphatic rings. The van der Waals surface area contributed by atoms with Crippen LogP contribution in [0.25, 0.3) is 0 Å². The maximum atomic E-state index is 12.7. The highest BCUT2D eigenvalue weighted by Gasteiger charge is 2.15. The number of ether oxygens (including phenoxy) is 2. The molecular formula is C45H87NO6. The van der Waals surface area contributed by atoms with Gasteiger partial charge < -0.3 is 14.6 Å². The van der Waals surface area contributed by atoms with Crippen molar-refractivity contribution in [3.05, 3.63) is 0 Å². The standard InChI is InChI=1S/C45H87NO6/c1-4-7-10-13-16-21-28-35-42(34-27-20-15-12-9-6-3)52-45(50)37-30-23-19-25-32-39-46(41-43(47)48)38-31-24-18-22-29-36-44(49)51-40-33-26-17-14-11-8-5-2/h42H,4-41H2,1-3H3,(H,47,48). The van der Waals surface area contributed by atoms with Crippen LogP contribution in [0.1, 0.15) is 239 Å². The molecule has 52 heavy (non-hydrogen) atoms. The van der Waals surface area contributed by atoms with Crippen LogP contribution in [0.2, 0.25) is 0 Å². The second kappa shape index (κ2) is 40.6. The first-order valence-corrected chi connectivity index (χ1v) is 22.7. The van der Waals surface area contributed by atoms with Crippen LogP contribution in [-0.4, -0.2) is 60.3 Å². The normalized spacial score (nSPS) is 12.0. The molecule has 0 aromatic rings. The Morgan fingerprint density at radius 1 is 0.462 bits per heavy atom. The summed E-state index contributed by atoms with van der Waals surface area (Å²) in [6.07, 6.45) is 38.2. The van der Waals surface area contributed by atoms with Crippen molar-refractivity contribution in [2.75, 3.05) is 26.2 Å². The summed E-state index contributed by atoms with van der Waals surface area (Å²) in [6.45, 7) is 8.99. The van der Waals surface area contributed by atoms with Crippen LogP contribution in [0.15, 0.2) is 0 Å². The molecule has 7 nitrogen and oxygen atoms in total. The van der Waals surface area contributed by atoms with Gasteiger partial charge in [0, 0.05) is 12.8 Å². The van der Waals surface area contributed by atoms with Crippen molar-refractivity contribution >= 4 is 17.9 Å². The Hall–Kier alpha value is -1.63. The maximum Gasteiger partial charge on any atom is 0.317 e. The van der Waals surface area contributed by atoms with E-state index in [2.05, 4.69) is 25.7 Å². The van der Waals surface area contributed by atoms with Gasteiger partial charge in [0.1, 0.15) is 6.10 Å². The molecule has 0 aliphatic carbocycles. The average molecular weight is 738 g/mol. The van der Waals surface area contributed by atoms with Gasteiger partial charge in [-0.2, -0.15) is 0 Å². The minimum Gasteiger partial charge on any atom is -0.480 e. The van der Waals surface area contributed by atoms with Crippen LogP contribution in [-0.2, 0) is 23.9 Å². The first kappa shape index (κ1) is 50.4. The molecule has 0 aromatic carbocycles. The zero-order valence-electron chi connectivity index (χ0n) is 34.9. The molecule has 7 heteroatoms. The van der Waals surface area contributed by atoms with Crippen LogP contribution in [0.3, 0.4) is 0 Å². The molecule has 0 aliphatic heterocycles. The number of nitrogens with zero attached hydrogens (tertiary/aromatic N) is 1. The summed E-state index contributed by atoms with van der Waals surface area (Å²) in [5, 5.41) is 9.39. The number of carboxylic acids is 1. The van der Waals surface area contributed by atoms with Crippen LogP contribution in [0, 0.1) is 0 Å². The van der Waals surface area contributed by atoms with Crippen molar-refractivity contribution in [1.29, 1.82) is 0 Å².